The molecule has 0 aromatic carbocycles. The second kappa shape index (κ2) is 4.13. The van der Waals surface area contributed by atoms with E-state index in [2.05, 4.69) is 5.32 Å². The van der Waals surface area contributed by atoms with Gasteiger partial charge in [-0.15, -0.1) is 0 Å². The van der Waals surface area contributed by atoms with Gasteiger partial charge in [-0.3, -0.25) is 4.79 Å². The van der Waals surface area contributed by atoms with Crippen molar-refractivity contribution < 1.29 is 4.79 Å². The summed E-state index contributed by atoms with van der Waals surface area (Å²) in [5.74, 6) is 0.0877. The summed E-state index contributed by atoms with van der Waals surface area (Å²) in [7, 11) is 0. The monoisotopic (exact) mass is 154 g/mol. The average molecular weight is 154 g/mol. The highest BCUT2D eigenvalue weighted by Crippen LogP contribution is 2.17. The molecule has 0 saturated carbocycles. The van der Waals surface area contributed by atoms with E-state index in [4.69, 9.17) is 5.73 Å². The minimum absolute atomic E-state index is 0.0877. The topological polar surface area (TPSA) is 55.1 Å². The molecule has 0 saturated heterocycles. The second-order valence-corrected chi connectivity index (χ2v) is 2.67. The number of carbonyl (C=O) groups excluding carboxylic acids is 1. The van der Waals surface area contributed by atoms with Crippen molar-refractivity contribution in [1.29, 1.82) is 0 Å². The van der Waals surface area contributed by atoms with E-state index in [9.17, 15) is 4.79 Å². The Morgan fingerprint density at radius 1 is 1.73 bits per heavy atom. The quantitative estimate of drug-likeness (QED) is 0.567. The Labute approximate surface area is 66.6 Å². The SMILES string of the molecule is NCCCNC(=O)C1=CCC1. The fourth-order valence-electron chi connectivity index (χ4n) is 0.912. The molecule has 0 bridgehead atoms. The maximum Gasteiger partial charge on any atom is 0.246 e. The van der Waals surface area contributed by atoms with Gasteiger partial charge in [0, 0.05) is 12.1 Å². The molecule has 0 aromatic rings. The minimum Gasteiger partial charge on any atom is -0.352 e. The van der Waals surface area contributed by atoms with Crippen LogP contribution in [-0.2, 0) is 4.79 Å². The lowest BCUT2D eigenvalue weighted by Crippen LogP contribution is -2.28. The number of rotatable bonds is 4. The average Bonchev–Trinajstić information content (AvgIpc) is 1.84. The van der Waals surface area contributed by atoms with Crippen LogP contribution >= 0.6 is 0 Å². The lowest BCUT2D eigenvalue weighted by atomic mass is 9.98. The van der Waals surface area contributed by atoms with E-state index in [-0.39, 0.29) is 5.91 Å². The van der Waals surface area contributed by atoms with Gasteiger partial charge in [0.2, 0.25) is 5.91 Å². The Morgan fingerprint density at radius 3 is 2.91 bits per heavy atom. The molecule has 1 rings (SSSR count). The summed E-state index contributed by atoms with van der Waals surface area (Å²) in [6.45, 7) is 1.34. The zero-order valence-corrected chi connectivity index (χ0v) is 6.60. The third-order valence-corrected chi connectivity index (χ3v) is 1.76. The molecule has 0 spiro atoms. The van der Waals surface area contributed by atoms with Gasteiger partial charge in [-0.2, -0.15) is 0 Å². The van der Waals surface area contributed by atoms with Gasteiger partial charge in [-0.25, -0.2) is 0 Å². The van der Waals surface area contributed by atoms with Crippen molar-refractivity contribution in [2.45, 2.75) is 19.3 Å². The molecule has 0 fully saturated rings. The molecule has 3 N–H and O–H groups in total. The zero-order chi connectivity index (χ0) is 8.10. The number of carbonyl (C=O) groups is 1. The van der Waals surface area contributed by atoms with Crippen LogP contribution in [0, 0.1) is 0 Å². The van der Waals surface area contributed by atoms with Gasteiger partial charge < -0.3 is 11.1 Å². The summed E-state index contributed by atoms with van der Waals surface area (Å²) < 4.78 is 0. The first kappa shape index (κ1) is 8.27. The Kier molecular flexibility index (Phi) is 3.11. The van der Waals surface area contributed by atoms with E-state index in [0.29, 0.717) is 13.1 Å². The smallest absolute Gasteiger partial charge is 0.246 e. The van der Waals surface area contributed by atoms with E-state index in [1.165, 1.54) is 0 Å². The Balaban J connectivity index is 2.11. The van der Waals surface area contributed by atoms with Crippen LogP contribution in [0.25, 0.3) is 0 Å². The van der Waals surface area contributed by atoms with E-state index in [1.54, 1.807) is 0 Å². The number of amides is 1. The molecule has 0 aromatic heterocycles. The van der Waals surface area contributed by atoms with Crippen molar-refractivity contribution in [2.75, 3.05) is 13.1 Å². The van der Waals surface area contributed by atoms with Crippen LogP contribution in [0.1, 0.15) is 19.3 Å². The molecule has 11 heavy (non-hydrogen) atoms. The summed E-state index contributed by atoms with van der Waals surface area (Å²) in [4.78, 5) is 11.1. The molecular weight excluding hydrogens is 140 g/mol. The summed E-state index contributed by atoms with van der Waals surface area (Å²) in [5, 5.41) is 2.80. The molecule has 62 valence electrons. The molecule has 1 aliphatic carbocycles. The van der Waals surface area contributed by atoms with E-state index < -0.39 is 0 Å². The predicted molar refractivity (Wildman–Crippen MR) is 44.0 cm³/mol. The van der Waals surface area contributed by atoms with Crippen LogP contribution in [0.15, 0.2) is 11.6 Å². The van der Waals surface area contributed by atoms with E-state index >= 15 is 0 Å². The Bertz CT molecular complexity index is 175. The van der Waals surface area contributed by atoms with Crippen LogP contribution in [-0.4, -0.2) is 19.0 Å². The summed E-state index contributed by atoms with van der Waals surface area (Å²) >= 11 is 0. The molecule has 0 aliphatic heterocycles. The third kappa shape index (κ3) is 2.35. The molecule has 0 heterocycles. The van der Waals surface area contributed by atoms with Gasteiger partial charge >= 0.3 is 0 Å². The van der Waals surface area contributed by atoms with E-state index in [0.717, 1.165) is 24.8 Å². The largest absolute Gasteiger partial charge is 0.352 e. The number of hydrogen-bond donors (Lipinski definition) is 2. The molecule has 1 aliphatic rings. The molecule has 3 nitrogen and oxygen atoms in total. The van der Waals surface area contributed by atoms with Gasteiger partial charge in [0.05, 0.1) is 0 Å². The summed E-state index contributed by atoms with van der Waals surface area (Å²) in [6, 6.07) is 0. The van der Waals surface area contributed by atoms with Gasteiger partial charge in [-0.05, 0) is 25.8 Å². The van der Waals surface area contributed by atoms with Crippen LogP contribution in [0.2, 0.25) is 0 Å². The fourth-order valence-corrected chi connectivity index (χ4v) is 0.912. The van der Waals surface area contributed by atoms with Crippen molar-refractivity contribution in [3.63, 3.8) is 0 Å². The molecule has 0 atom stereocenters. The van der Waals surface area contributed by atoms with Crippen molar-refractivity contribution >= 4 is 5.91 Å². The molecule has 1 amide bonds. The number of nitrogens with two attached hydrogens (primary N) is 1. The first-order valence-corrected chi connectivity index (χ1v) is 4.02. The van der Waals surface area contributed by atoms with Crippen molar-refractivity contribution in [3.05, 3.63) is 11.6 Å². The maximum absolute atomic E-state index is 11.1. The van der Waals surface area contributed by atoms with Gasteiger partial charge in [0.15, 0.2) is 0 Å². The first-order valence-electron chi connectivity index (χ1n) is 4.02. The Hall–Kier alpha value is -0.830. The highest BCUT2D eigenvalue weighted by Gasteiger charge is 2.13. The lowest BCUT2D eigenvalue weighted by Gasteiger charge is -2.13. The minimum atomic E-state index is 0.0877. The van der Waals surface area contributed by atoms with Gasteiger partial charge in [0.25, 0.3) is 0 Å². The normalized spacial score (nSPS) is 15.2. The van der Waals surface area contributed by atoms with E-state index in [1.807, 2.05) is 6.08 Å². The number of allylic oxidation sites excluding steroid dienone is 1. The molecular formula is C8H14N2O. The maximum atomic E-state index is 11.1. The lowest BCUT2D eigenvalue weighted by molar-refractivity contribution is -0.117. The highest BCUT2D eigenvalue weighted by atomic mass is 16.1. The van der Waals surface area contributed by atoms with Crippen molar-refractivity contribution in [3.8, 4) is 0 Å². The fraction of sp³-hybridized carbons (Fsp3) is 0.625. The highest BCUT2D eigenvalue weighted by molar-refractivity contribution is 5.94. The first-order chi connectivity index (χ1) is 5.34. The standard InChI is InChI=1S/C8H14N2O/c9-5-2-6-10-8(11)7-3-1-4-7/h3H,1-2,4-6,9H2,(H,10,11). The molecule has 0 unspecified atom stereocenters. The van der Waals surface area contributed by atoms with Crippen LogP contribution in [0.5, 0.6) is 0 Å². The third-order valence-electron chi connectivity index (χ3n) is 1.76. The van der Waals surface area contributed by atoms with Crippen molar-refractivity contribution in [1.82, 2.24) is 5.32 Å². The predicted octanol–water partition coefficient (Wildman–Crippen LogP) is 0.172. The summed E-state index contributed by atoms with van der Waals surface area (Å²) in [6.07, 6.45) is 4.82. The molecule has 0 radical (unpaired) electrons. The number of nitrogens with one attached hydrogen (secondary N) is 1. The van der Waals surface area contributed by atoms with Crippen LogP contribution in [0.3, 0.4) is 0 Å². The zero-order valence-electron chi connectivity index (χ0n) is 6.60. The molecule has 3 heteroatoms. The van der Waals surface area contributed by atoms with Crippen LogP contribution in [0.4, 0.5) is 0 Å². The second-order valence-electron chi connectivity index (χ2n) is 2.67. The number of hydrogen-bond acceptors (Lipinski definition) is 2. The van der Waals surface area contributed by atoms with Crippen molar-refractivity contribution in [2.24, 2.45) is 5.73 Å². The van der Waals surface area contributed by atoms with Crippen LogP contribution < -0.4 is 11.1 Å². The summed E-state index contributed by atoms with van der Waals surface area (Å²) in [5.41, 5.74) is 6.20. The Morgan fingerprint density at radius 2 is 2.45 bits per heavy atom. The van der Waals surface area contributed by atoms with Gasteiger partial charge in [0.1, 0.15) is 0 Å². The van der Waals surface area contributed by atoms with Gasteiger partial charge in [-0.1, -0.05) is 6.08 Å².